The molecule has 4 nitrogen and oxygen atoms in total. The van der Waals surface area contributed by atoms with E-state index in [1.807, 2.05) is 28.7 Å². The van der Waals surface area contributed by atoms with Crippen LogP contribution in [0, 0.1) is 0 Å². The van der Waals surface area contributed by atoms with Crippen molar-refractivity contribution in [1.29, 1.82) is 0 Å². The summed E-state index contributed by atoms with van der Waals surface area (Å²) >= 11 is 0. The number of nitrogens with zero attached hydrogens (tertiary/aromatic N) is 2. The predicted molar refractivity (Wildman–Crippen MR) is 70.0 cm³/mol. The molecule has 0 aromatic carbocycles. The Morgan fingerprint density at radius 2 is 2.33 bits per heavy atom. The van der Waals surface area contributed by atoms with Gasteiger partial charge >= 0.3 is 5.97 Å². The summed E-state index contributed by atoms with van der Waals surface area (Å²) in [7, 11) is 0. The molecule has 0 saturated heterocycles. The molecule has 0 bridgehead atoms. The highest BCUT2D eigenvalue weighted by molar-refractivity contribution is 5.82. The number of pyridine rings is 1. The van der Waals surface area contributed by atoms with Gasteiger partial charge in [0.1, 0.15) is 0 Å². The summed E-state index contributed by atoms with van der Waals surface area (Å²) in [6.07, 6.45) is 10.3. The summed E-state index contributed by atoms with van der Waals surface area (Å²) < 4.78 is 6.74. The Bertz CT molecular complexity index is 597. The van der Waals surface area contributed by atoms with E-state index in [0.717, 1.165) is 11.2 Å². The van der Waals surface area contributed by atoms with Crippen molar-refractivity contribution in [3.05, 3.63) is 54.6 Å². The van der Waals surface area contributed by atoms with Crippen LogP contribution in [0.5, 0.6) is 0 Å². The Labute approximate surface area is 105 Å². The number of aromatic nitrogens is 2. The molecule has 0 unspecified atom stereocenters. The van der Waals surface area contributed by atoms with Crippen molar-refractivity contribution in [3.63, 3.8) is 0 Å². The van der Waals surface area contributed by atoms with Gasteiger partial charge in [0.15, 0.2) is 0 Å². The number of carbonyl (C=O) groups excluding carboxylic acids is 1. The van der Waals surface area contributed by atoms with Crippen LogP contribution < -0.4 is 0 Å². The molecule has 2 aromatic heterocycles. The first-order chi connectivity index (χ1) is 8.81. The van der Waals surface area contributed by atoms with Crippen LogP contribution in [-0.4, -0.2) is 22.0 Å². The third-order valence-electron chi connectivity index (χ3n) is 2.38. The van der Waals surface area contributed by atoms with Crippen molar-refractivity contribution in [2.45, 2.75) is 6.92 Å². The van der Waals surface area contributed by atoms with Gasteiger partial charge in [0.2, 0.25) is 0 Å². The van der Waals surface area contributed by atoms with Gasteiger partial charge in [0, 0.05) is 11.8 Å². The number of allylic oxidation sites excluding steroid dienone is 2. The molecule has 0 aliphatic carbocycles. The summed E-state index contributed by atoms with van der Waals surface area (Å²) in [5.41, 5.74) is 2.03. The molecule has 0 N–H and O–H groups in total. The van der Waals surface area contributed by atoms with Gasteiger partial charge in [-0.3, -0.25) is 4.40 Å². The molecule has 0 fully saturated rings. The summed E-state index contributed by atoms with van der Waals surface area (Å²) in [6, 6.07) is 5.92. The minimum Gasteiger partial charge on any atom is -0.463 e. The van der Waals surface area contributed by atoms with E-state index in [-0.39, 0.29) is 5.97 Å². The van der Waals surface area contributed by atoms with E-state index in [2.05, 4.69) is 4.98 Å². The molecule has 0 spiro atoms. The van der Waals surface area contributed by atoms with E-state index < -0.39 is 0 Å². The van der Waals surface area contributed by atoms with E-state index in [0.29, 0.717) is 6.61 Å². The fourth-order valence-corrected chi connectivity index (χ4v) is 1.58. The lowest BCUT2D eigenvalue weighted by molar-refractivity contribution is -0.137. The third kappa shape index (κ3) is 2.85. The van der Waals surface area contributed by atoms with Gasteiger partial charge in [-0.15, -0.1) is 0 Å². The van der Waals surface area contributed by atoms with Crippen LogP contribution in [0.1, 0.15) is 12.6 Å². The van der Waals surface area contributed by atoms with Gasteiger partial charge in [-0.2, -0.15) is 0 Å². The van der Waals surface area contributed by atoms with Crippen molar-refractivity contribution in [2.75, 3.05) is 6.61 Å². The van der Waals surface area contributed by atoms with Crippen LogP contribution >= 0.6 is 0 Å². The second kappa shape index (κ2) is 5.82. The zero-order valence-corrected chi connectivity index (χ0v) is 10.1. The van der Waals surface area contributed by atoms with Gasteiger partial charge in [-0.25, -0.2) is 9.78 Å². The number of imidazole rings is 1. The molecule has 0 saturated carbocycles. The van der Waals surface area contributed by atoms with Gasteiger partial charge < -0.3 is 4.74 Å². The molecule has 0 aliphatic heterocycles. The first-order valence-electron chi connectivity index (χ1n) is 5.74. The zero-order valence-electron chi connectivity index (χ0n) is 10.1. The Morgan fingerprint density at radius 3 is 3.17 bits per heavy atom. The first-order valence-corrected chi connectivity index (χ1v) is 5.74. The molecule has 2 aromatic rings. The molecular formula is C14H14N2O2. The fourth-order valence-electron chi connectivity index (χ4n) is 1.58. The number of fused-ring (bicyclic) bond motifs is 1. The van der Waals surface area contributed by atoms with Crippen molar-refractivity contribution in [1.82, 2.24) is 9.38 Å². The number of hydrogen-bond acceptors (Lipinski definition) is 3. The topological polar surface area (TPSA) is 43.6 Å². The van der Waals surface area contributed by atoms with E-state index in [4.69, 9.17) is 4.74 Å². The zero-order chi connectivity index (χ0) is 12.8. The lowest BCUT2D eigenvalue weighted by Crippen LogP contribution is -1.98. The predicted octanol–water partition coefficient (Wildman–Crippen LogP) is 2.47. The number of ether oxygens (including phenoxy) is 1. The highest BCUT2D eigenvalue weighted by atomic mass is 16.5. The van der Waals surface area contributed by atoms with Crippen molar-refractivity contribution in [3.8, 4) is 0 Å². The van der Waals surface area contributed by atoms with E-state index >= 15 is 0 Å². The van der Waals surface area contributed by atoms with Crippen LogP contribution in [0.25, 0.3) is 11.6 Å². The molecule has 0 atom stereocenters. The Kier molecular flexibility index (Phi) is 3.91. The average molecular weight is 242 g/mol. The molecule has 4 heteroatoms. The number of rotatable bonds is 4. The van der Waals surface area contributed by atoms with Crippen LogP contribution in [-0.2, 0) is 9.53 Å². The first kappa shape index (κ1) is 12.1. The van der Waals surface area contributed by atoms with E-state index in [1.165, 1.54) is 6.08 Å². The minimum atomic E-state index is -0.331. The summed E-state index contributed by atoms with van der Waals surface area (Å²) in [4.78, 5) is 15.1. The number of esters is 1. The maximum absolute atomic E-state index is 11.1. The molecule has 0 amide bonds. The Balaban J connectivity index is 2.09. The SMILES string of the molecule is CCOC(=O)/C=C/C=C/c1cccc2cncn12. The highest BCUT2D eigenvalue weighted by Gasteiger charge is 1.95. The lowest BCUT2D eigenvalue weighted by Gasteiger charge is -1.98. The van der Waals surface area contributed by atoms with Gasteiger partial charge in [0.25, 0.3) is 0 Å². The second-order valence-corrected chi connectivity index (χ2v) is 3.61. The number of hydrogen-bond donors (Lipinski definition) is 0. The minimum absolute atomic E-state index is 0.331. The van der Waals surface area contributed by atoms with Crippen molar-refractivity contribution < 1.29 is 9.53 Å². The van der Waals surface area contributed by atoms with Crippen LogP contribution in [0.4, 0.5) is 0 Å². The fraction of sp³-hybridized carbons (Fsp3) is 0.143. The Morgan fingerprint density at radius 1 is 1.44 bits per heavy atom. The summed E-state index contributed by atoms with van der Waals surface area (Å²) in [6.45, 7) is 2.17. The second-order valence-electron chi connectivity index (χ2n) is 3.61. The summed E-state index contributed by atoms with van der Waals surface area (Å²) in [5, 5.41) is 0. The van der Waals surface area contributed by atoms with Gasteiger partial charge in [-0.05, 0) is 25.1 Å². The van der Waals surface area contributed by atoms with E-state index in [9.17, 15) is 4.79 Å². The monoisotopic (exact) mass is 242 g/mol. The molecule has 0 radical (unpaired) electrons. The molecule has 18 heavy (non-hydrogen) atoms. The third-order valence-corrected chi connectivity index (χ3v) is 2.38. The molecule has 0 aliphatic rings. The van der Waals surface area contributed by atoms with Crippen LogP contribution in [0.2, 0.25) is 0 Å². The average Bonchev–Trinajstić information content (AvgIpc) is 2.84. The maximum Gasteiger partial charge on any atom is 0.330 e. The molecule has 92 valence electrons. The Hall–Kier alpha value is -2.36. The van der Waals surface area contributed by atoms with Crippen molar-refractivity contribution in [2.24, 2.45) is 0 Å². The quantitative estimate of drug-likeness (QED) is 0.470. The van der Waals surface area contributed by atoms with Crippen LogP contribution in [0.15, 0.2) is 49.0 Å². The van der Waals surface area contributed by atoms with Gasteiger partial charge in [0.05, 0.1) is 24.6 Å². The maximum atomic E-state index is 11.1. The highest BCUT2D eigenvalue weighted by Crippen LogP contribution is 2.08. The molecule has 2 rings (SSSR count). The van der Waals surface area contributed by atoms with Gasteiger partial charge in [-0.1, -0.05) is 18.2 Å². The smallest absolute Gasteiger partial charge is 0.330 e. The van der Waals surface area contributed by atoms with Crippen LogP contribution in [0.3, 0.4) is 0 Å². The summed E-state index contributed by atoms with van der Waals surface area (Å²) in [5.74, 6) is -0.331. The largest absolute Gasteiger partial charge is 0.463 e. The molecule has 2 heterocycles. The lowest BCUT2D eigenvalue weighted by atomic mass is 10.3. The van der Waals surface area contributed by atoms with Crippen molar-refractivity contribution >= 4 is 17.6 Å². The number of carbonyl (C=O) groups is 1. The van der Waals surface area contributed by atoms with E-state index in [1.54, 1.807) is 31.6 Å². The standard InChI is InChI=1S/C14H14N2O2/c1-2-18-14(17)9-4-3-6-12-7-5-8-13-10-15-11-16(12)13/h3-11H,2H2,1H3/b6-3+,9-4+. The molecular weight excluding hydrogens is 228 g/mol. The normalized spacial score (nSPS) is 11.6.